The Morgan fingerprint density at radius 3 is 2.54 bits per heavy atom. The summed E-state index contributed by atoms with van der Waals surface area (Å²) in [6.07, 6.45) is 4.14. The molecule has 0 aromatic heterocycles. The van der Waals surface area contributed by atoms with E-state index in [-0.39, 0.29) is 36.3 Å². The van der Waals surface area contributed by atoms with E-state index in [9.17, 15) is 9.59 Å². The highest BCUT2D eigenvalue weighted by Gasteiger charge is 2.38. The second-order valence-electron chi connectivity index (χ2n) is 7.45. The minimum absolute atomic E-state index is 0. The van der Waals surface area contributed by atoms with E-state index in [0.29, 0.717) is 18.9 Å². The van der Waals surface area contributed by atoms with E-state index in [2.05, 4.69) is 0 Å². The zero-order chi connectivity index (χ0) is 17.8. The minimum atomic E-state index is -0.289. The van der Waals surface area contributed by atoms with Crippen LogP contribution < -0.4 is 5.73 Å². The summed E-state index contributed by atoms with van der Waals surface area (Å²) in [5, 5.41) is 0. The predicted octanol–water partition coefficient (Wildman–Crippen LogP) is 2.23. The number of halogens is 1. The van der Waals surface area contributed by atoms with Crippen LogP contribution in [-0.2, 0) is 16.0 Å². The maximum atomic E-state index is 13.0. The van der Waals surface area contributed by atoms with Crippen LogP contribution in [0.2, 0.25) is 0 Å². The summed E-state index contributed by atoms with van der Waals surface area (Å²) in [5.41, 5.74) is 7.04. The molecule has 1 aromatic rings. The Hall–Kier alpha value is -1.59. The molecule has 2 aliphatic rings. The summed E-state index contributed by atoms with van der Waals surface area (Å²) in [6.45, 7) is 4.23. The summed E-state index contributed by atoms with van der Waals surface area (Å²) in [7, 11) is 0. The first-order valence-electron chi connectivity index (χ1n) is 9.44. The van der Waals surface area contributed by atoms with Gasteiger partial charge in [0.1, 0.15) is 6.04 Å². The van der Waals surface area contributed by atoms with Gasteiger partial charge in [0.2, 0.25) is 11.8 Å². The van der Waals surface area contributed by atoms with Gasteiger partial charge in [0.05, 0.1) is 6.42 Å². The van der Waals surface area contributed by atoms with Crippen LogP contribution in [0.3, 0.4) is 0 Å². The zero-order valence-electron chi connectivity index (χ0n) is 15.5. The lowest BCUT2D eigenvalue weighted by molar-refractivity contribution is -0.144. The standard InChI is InChI=1S/C20H29N3O2.ClH/c1-15(21)17-9-5-11-22(14-17)20(25)18-10-6-12-23(18)19(24)13-16-7-3-2-4-8-16;/h2-4,7-8,15,17-18H,5-6,9-14,21H2,1H3;1H. The van der Waals surface area contributed by atoms with Gasteiger partial charge in [-0.05, 0) is 44.1 Å². The average molecular weight is 380 g/mol. The number of likely N-dealkylation sites (tertiary alicyclic amines) is 2. The maximum Gasteiger partial charge on any atom is 0.245 e. The maximum absolute atomic E-state index is 13.0. The molecule has 2 fully saturated rings. The Kier molecular flexibility index (Phi) is 7.47. The SMILES string of the molecule is CC(N)C1CCCN(C(=O)C2CCCN2C(=O)Cc2ccccc2)C1.Cl. The van der Waals surface area contributed by atoms with E-state index in [1.807, 2.05) is 42.2 Å². The Labute approximate surface area is 162 Å². The zero-order valence-corrected chi connectivity index (χ0v) is 16.3. The average Bonchev–Trinajstić information content (AvgIpc) is 3.12. The first-order chi connectivity index (χ1) is 12.1. The van der Waals surface area contributed by atoms with Crippen LogP contribution in [0.25, 0.3) is 0 Å². The van der Waals surface area contributed by atoms with Crippen molar-refractivity contribution in [2.45, 2.75) is 51.1 Å². The van der Waals surface area contributed by atoms with Crippen LogP contribution in [0.4, 0.5) is 0 Å². The summed E-state index contributed by atoms with van der Waals surface area (Å²) in [6, 6.07) is 9.57. The summed E-state index contributed by atoms with van der Waals surface area (Å²) in [4.78, 5) is 29.5. The van der Waals surface area contributed by atoms with Crippen LogP contribution in [0.1, 0.15) is 38.2 Å². The molecule has 26 heavy (non-hydrogen) atoms. The van der Waals surface area contributed by atoms with Gasteiger partial charge in [-0.25, -0.2) is 0 Å². The van der Waals surface area contributed by atoms with Gasteiger partial charge >= 0.3 is 0 Å². The van der Waals surface area contributed by atoms with E-state index in [1.165, 1.54) is 0 Å². The molecular formula is C20H30ClN3O2. The Balaban J connectivity index is 0.00000243. The van der Waals surface area contributed by atoms with Gasteiger partial charge in [0.25, 0.3) is 0 Å². The number of carbonyl (C=O) groups is 2. The number of benzene rings is 1. The third-order valence-electron chi connectivity index (χ3n) is 5.57. The van der Waals surface area contributed by atoms with Crippen molar-refractivity contribution in [3.63, 3.8) is 0 Å². The quantitative estimate of drug-likeness (QED) is 0.872. The Morgan fingerprint density at radius 1 is 1.15 bits per heavy atom. The van der Waals surface area contributed by atoms with Crippen LogP contribution >= 0.6 is 12.4 Å². The molecule has 3 atom stereocenters. The molecule has 2 N–H and O–H groups in total. The van der Waals surface area contributed by atoms with Gasteiger partial charge < -0.3 is 15.5 Å². The van der Waals surface area contributed by atoms with Crippen molar-refractivity contribution in [3.8, 4) is 0 Å². The van der Waals surface area contributed by atoms with Gasteiger partial charge in [-0.1, -0.05) is 30.3 Å². The molecule has 0 radical (unpaired) electrons. The van der Waals surface area contributed by atoms with E-state index in [4.69, 9.17) is 5.73 Å². The highest BCUT2D eigenvalue weighted by atomic mass is 35.5. The molecule has 6 heteroatoms. The molecular weight excluding hydrogens is 350 g/mol. The Bertz CT molecular complexity index is 608. The van der Waals surface area contributed by atoms with Crippen molar-refractivity contribution in [2.75, 3.05) is 19.6 Å². The molecule has 2 heterocycles. The van der Waals surface area contributed by atoms with Crippen LogP contribution in [0.5, 0.6) is 0 Å². The van der Waals surface area contributed by atoms with Crippen LogP contribution in [0.15, 0.2) is 30.3 Å². The predicted molar refractivity (Wildman–Crippen MR) is 105 cm³/mol. The number of nitrogens with two attached hydrogens (primary N) is 1. The Morgan fingerprint density at radius 2 is 1.85 bits per heavy atom. The van der Waals surface area contributed by atoms with Crippen molar-refractivity contribution < 1.29 is 9.59 Å². The van der Waals surface area contributed by atoms with Gasteiger partial charge in [0.15, 0.2) is 0 Å². The lowest BCUT2D eigenvalue weighted by atomic mass is 9.91. The van der Waals surface area contributed by atoms with E-state index < -0.39 is 0 Å². The summed E-state index contributed by atoms with van der Waals surface area (Å²) in [5.74, 6) is 0.541. The lowest BCUT2D eigenvalue weighted by Gasteiger charge is -2.37. The fourth-order valence-electron chi connectivity index (χ4n) is 4.04. The van der Waals surface area contributed by atoms with Gasteiger partial charge in [0, 0.05) is 25.7 Å². The van der Waals surface area contributed by atoms with Gasteiger partial charge in [-0.3, -0.25) is 9.59 Å². The molecule has 2 aliphatic heterocycles. The molecule has 2 amide bonds. The molecule has 5 nitrogen and oxygen atoms in total. The number of piperidine rings is 1. The van der Waals surface area contributed by atoms with Crippen LogP contribution in [-0.4, -0.2) is 53.3 Å². The monoisotopic (exact) mass is 379 g/mol. The second kappa shape index (κ2) is 9.38. The first kappa shape index (κ1) is 20.7. The van der Waals surface area contributed by atoms with E-state index in [0.717, 1.165) is 44.3 Å². The third kappa shape index (κ3) is 4.77. The van der Waals surface area contributed by atoms with Crippen molar-refractivity contribution >= 4 is 24.2 Å². The molecule has 0 spiro atoms. The number of nitrogens with zero attached hydrogens (tertiary/aromatic N) is 2. The first-order valence-corrected chi connectivity index (χ1v) is 9.44. The van der Waals surface area contributed by atoms with Crippen molar-refractivity contribution in [3.05, 3.63) is 35.9 Å². The summed E-state index contributed by atoms with van der Waals surface area (Å²) < 4.78 is 0. The largest absolute Gasteiger partial charge is 0.341 e. The van der Waals surface area contributed by atoms with E-state index >= 15 is 0 Å². The number of hydrogen-bond donors (Lipinski definition) is 1. The van der Waals surface area contributed by atoms with Crippen molar-refractivity contribution in [1.82, 2.24) is 9.80 Å². The number of amides is 2. The fourth-order valence-corrected chi connectivity index (χ4v) is 4.04. The molecule has 144 valence electrons. The third-order valence-corrected chi connectivity index (χ3v) is 5.57. The fraction of sp³-hybridized carbons (Fsp3) is 0.600. The van der Waals surface area contributed by atoms with Gasteiger partial charge in [-0.2, -0.15) is 0 Å². The minimum Gasteiger partial charge on any atom is -0.341 e. The van der Waals surface area contributed by atoms with Crippen molar-refractivity contribution in [1.29, 1.82) is 0 Å². The summed E-state index contributed by atoms with van der Waals surface area (Å²) >= 11 is 0. The molecule has 3 unspecified atom stereocenters. The smallest absolute Gasteiger partial charge is 0.245 e. The van der Waals surface area contributed by atoms with Crippen molar-refractivity contribution in [2.24, 2.45) is 11.7 Å². The lowest BCUT2D eigenvalue weighted by Crippen LogP contribution is -2.52. The topological polar surface area (TPSA) is 66.6 Å². The molecule has 0 aliphatic carbocycles. The molecule has 3 rings (SSSR count). The molecule has 0 bridgehead atoms. The number of hydrogen-bond acceptors (Lipinski definition) is 3. The molecule has 2 saturated heterocycles. The number of rotatable bonds is 4. The second-order valence-corrected chi connectivity index (χ2v) is 7.45. The number of carbonyl (C=O) groups excluding carboxylic acids is 2. The molecule has 1 aromatic carbocycles. The highest BCUT2D eigenvalue weighted by molar-refractivity contribution is 5.89. The van der Waals surface area contributed by atoms with Gasteiger partial charge in [-0.15, -0.1) is 12.4 Å². The molecule has 0 saturated carbocycles. The normalized spacial score (nSPS) is 24.1. The highest BCUT2D eigenvalue weighted by Crippen LogP contribution is 2.25. The van der Waals surface area contributed by atoms with E-state index in [1.54, 1.807) is 4.90 Å². The van der Waals surface area contributed by atoms with Crippen LogP contribution in [0, 0.1) is 5.92 Å².